The predicted molar refractivity (Wildman–Crippen MR) is 109 cm³/mol. The van der Waals surface area contributed by atoms with E-state index in [1.807, 2.05) is 40.8 Å². The Bertz CT molecular complexity index is 798. The molecule has 148 valence electrons. The van der Waals surface area contributed by atoms with E-state index in [2.05, 4.69) is 31.2 Å². The van der Waals surface area contributed by atoms with Crippen LogP contribution in [0.3, 0.4) is 0 Å². The van der Waals surface area contributed by atoms with E-state index >= 15 is 0 Å². The lowest BCUT2D eigenvalue weighted by atomic mass is 10.0. The minimum atomic E-state index is -0.159. The first-order chi connectivity index (χ1) is 12.3. The molecule has 1 unspecified atom stereocenters. The Balaban J connectivity index is 0.00000261. The highest BCUT2D eigenvalue weighted by Gasteiger charge is 2.32. The van der Waals surface area contributed by atoms with Crippen molar-refractivity contribution >= 4 is 18.3 Å². The van der Waals surface area contributed by atoms with Crippen LogP contribution in [-0.2, 0) is 5.54 Å². The summed E-state index contributed by atoms with van der Waals surface area (Å²) in [6.07, 6.45) is 1.70. The van der Waals surface area contributed by atoms with Gasteiger partial charge in [0, 0.05) is 30.9 Å². The summed E-state index contributed by atoms with van der Waals surface area (Å²) in [4.78, 5) is 15.3. The second-order valence-corrected chi connectivity index (χ2v) is 7.69. The third-order valence-electron chi connectivity index (χ3n) is 4.88. The monoisotopic (exact) mass is 392 g/mol. The van der Waals surface area contributed by atoms with Gasteiger partial charge in [0.15, 0.2) is 0 Å². The Morgan fingerprint density at radius 3 is 2.63 bits per heavy atom. The fourth-order valence-corrected chi connectivity index (χ4v) is 3.62. The number of aromatic nitrogens is 2. The minimum Gasteiger partial charge on any atom is -0.496 e. The van der Waals surface area contributed by atoms with Gasteiger partial charge in [0.2, 0.25) is 0 Å². The smallest absolute Gasteiger partial charge is 0.257 e. The number of hydrogen-bond acceptors (Lipinski definition) is 4. The van der Waals surface area contributed by atoms with E-state index in [-0.39, 0.29) is 29.9 Å². The van der Waals surface area contributed by atoms with Crippen molar-refractivity contribution in [1.82, 2.24) is 20.0 Å². The number of ether oxygens (including phenoxy) is 1. The first-order valence-electron chi connectivity index (χ1n) is 9.04. The maximum atomic E-state index is 13.3. The lowest BCUT2D eigenvalue weighted by molar-refractivity contribution is 0.0630. The number of rotatable bonds is 3. The molecule has 1 atom stereocenters. The Morgan fingerprint density at radius 2 is 2.00 bits per heavy atom. The van der Waals surface area contributed by atoms with E-state index in [0.717, 1.165) is 23.6 Å². The molecule has 0 aliphatic carbocycles. The summed E-state index contributed by atoms with van der Waals surface area (Å²) in [7, 11) is 1.67. The van der Waals surface area contributed by atoms with Gasteiger partial charge in [-0.1, -0.05) is 18.2 Å². The van der Waals surface area contributed by atoms with Crippen molar-refractivity contribution in [2.24, 2.45) is 0 Å². The molecule has 3 rings (SSSR count). The Morgan fingerprint density at radius 1 is 1.30 bits per heavy atom. The van der Waals surface area contributed by atoms with Gasteiger partial charge >= 0.3 is 0 Å². The van der Waals surface area contributed by atoms with Gasteiger partial charge in [-0.05, 0) is 33.8 Å². The second-order valence-electron chi connectivity index (χ2n) is 7.69. The zero-order valence-electron chi connectivity index (χ0n) is 16.7. The number of nitrogens with zero attached hydrogens (tertiary/aromatic N) is 3. The molecular formula is C20H29ClN4O2. The largest absolute Gasteiger partial charge is 0.496 e. The van der Waals surface area contributed by atoms with Gasteiger partial charge in [0.25, 0.3) is 5.91 Å². The standard InChI is InChI=1S/C20H28N4O2.ClH/c1-14-16(12-22-24(14)20(2,3)4)19(25)23-11-10-21-13-17(23)15-8-6-7-9-18(15)26-5;/h6-9,12,17,21H,10-11,13H2,1-5H3;1H. The van der Waals surface area contributed by atoms with E-state index < -0.39 is 0 Å². The third kappa shape index (κ3) is 4.12. The molecular weight excluding hydrogens is 364 g/mol. The maximum absolute atomic E-state index is 13.3. The van der Waals surface area contributed by atoms with Crippen molar-refractivity contribution in [1.29, 1.82) is 0 Å². The van der Waals surface area contributed by atoms with E-state index in [1.165, 1.54) is 0 Å². The number of hydrogen-bond donors (Lipinski definition) is 1. The highest BCUT2D eigenvalue weighted by molar-refractivity contribution is 5.95. The van der Waals surface area contributed by atoms with Gasteiger partial charge in [-0.15, -0.1) is 12.4 Å². The van der Waals surface area contributed by atoms with Crippen LogP contribution in [0.15, 0.2) is 30.5 Å². The first-order valence-corrected chi connectivity index (χ1v) is 9.04. The van der Waals surface area contributed by atoms with Crippen LogP contribution in [0.4, 0.5) is 0 Å². The van der Waals surface area contributed by atoms with Crippen LogP contribution in [0.1, 0.15) is 48.4 Å². The second kappa shape index (κ2) is 8.31. The predicted octanol–water partition coefficient (Wildman–Crippen LogP) is 3.16. The number of methoxy groups -OCH3 is 1. The lowest BCUT2D eigenvalue weighted by Crippen LogP contribution is -2.48. The zero-order valence-corrected chi connectivity index (χ0v) is 17.5. The number of piperazine rings is 1. The molecule has 1 aliphatic rings. The van der Waals surface area contributed by atoms with E-state index in [0.29, 0.717) is 18.7 Å². The number of amides is 1. The van der Waals surface area contributed by atoms with Crippen LogP contribution in [0.2, 0.25) is 0 Å². The molecule has 0 bridgehead atoms. The van der Waals surface area contributed by atoms with Crippen LogP contribution in [0, 0.1) is 6.92 Å². The normalized spacial score (nSPS) is 17.4. The molecule has 0 saturated carbocycles. The molecule has 0 radical (unpaired) electrons. The third-order valence-corrected chi connectivity index (χ3v) is 4.88. The number of carbonyl (C=O) groups excluding carboxylic acids is 1. The molecule has 2 aromatic rings. The average molecular weight is 393 g/mol. The summed E-state index contributed by atoms with van der Waals surface area (Å²) in [5.41, 5.74) is 2.44. The van der Waals surface area contributed by atoms with Crippen LogP contribution in [0.5, 0.6) is 5.75 Å². The molecule has 2 heterocycles. The molecule has 0 spiro atoms. The maximum Gasteiger partial charge on any atom is 0.257 e. The SMILES string of the molecule is COc1ccccc1C1CNCCN1C(=O)c1cnn(C(C)(C)C)c1C.Cl. The molecule has 1 aliphatic heterocycles. The van der Waals surface area contributed by atoms with Crippen molar-refractivity contribution in [3.05, 3.63) is 47.3 Å². The van der Waals surface area contributed by atoms with E-state index in [9.17, 15) is 4.79 Å². The van der Waals surface area contributed by atoms with Crippen molar-refractivity contribution < 1.29 is 9.53 Å². The summed E-state index contributed by atoms with van der Waals surface area (Å²) < 4.78 is 7.44. The van der Waals surface area contributed by atoms with Gasteiger partial charge in [-0.3, -0.25) is 9.48 Å². The quantitative estimate of drug-likeness (QED) is 0.871. The van der Waals surface area contributed by atoms with E-state index in [4.69, 9.17) is 4.74 Å². The molecule has 7 heteroatoms. The number of halogens is 1. The first kappa shape index (κ1) is 21.3. The highest BCUT2D eigenvalue weighted by atomic mass is 35.5. The summed E-state index contributed by atoms with van der Waals surface area (Å²) in [6, 6.07) is 7.84. The van der Waals surface area contributed by atoms with Gasteiger partial charge < -0.3 is 15.0 Å². The van der Waals surface area contributed by atoms with Crippen LogP contribution in [-0.4, -0.2) is 47.3 Å². The number of carbonyl (C=O) groups is 1. The average Bonchev–Trinajstić information content (AvgIpc) is 3.03. The van der Waals surface area contributed by atoms with Crippen LogP contribution < -0.4 is 10.1 Å². The summed E-state index contributed by atoms with van der Waals surface area (Å²) >= 11 is 0. The molecule has 1 fully saturated rings. The molecule has 1 N–H and O–H groups in total. The van der Waals surface area contributed by atoms with Gasteiger partial charge in [-0.25, -0.2) is 0 Å². The van der Waals surface area contributed by atoms with Crippen molar-refractivity contribution in [2.45, 2.75) is 39.3 Å². The number of nitrogens with one attached hydrogen (secondary N) is 1. The molecule has 27 heavy (non-hydrogen) atoms. The summed E-state index contributed by atoms with van der Waals surface area (Å²) in [5, 5.41) is 7.86. The fourth-order valence-electron chi connectivity index (χ4n) is 3.62. The molecule has 1 amide bonds. The van der Waals surface area contributed by atoms with Crippen LogP contribution >= 0.6 is 12.4 Å². The zero-order chi connectivity index (χ0) is 18.9. The van der Waals surface area contributed by atoms with Gasteiger partial charge in [-0.2, -0.15) is 5.10 Å². The molecule has 6 nitrogen and oxygen atoms in total. The fraction of sp³-hybridized carbons (Fsp3) is 0.500. The van der Waals surface area contributed by atoms with Crippen molar-refractivity contribution in [3.8, 4) is 5.75 Å². The lowest BCUT2D eigenvalue weighted by Gasteiger charge is -2.37. The topological polar surface area (TPSA) is 59.4 Å². The summed E-state index contributed by atoms with van der Waals surface area (Å²) in [5.74, 6) is 0.830. The molecule has 1 aromatic carbocycles. The minimum absolute atomic E-state index is 0. The Labute approximate surface area is 167 Å². The number of para-hydroxylation sites is 1. The van der Waals surface area contributed by atoms with E-state index in [1.54, 1.807) is 13.3 Å². The summed E-state index contributed by atoms with van der Waals surface area (Å²) in [6.45, 7) is 10.4. The molecule has 1 saturated heterocycles. The Kier molecular flexibility index (Phi) is 6.54. The van der Waals surface area contributed by atoms with Crippen molar-refractivity contribution in [3.63, 3.8) is 0 Å². The highest BCUT2D eigenvalue weighted by Crippen LogP contribution is 2.31. The van der Waals surface area contributed by atoms with Gasteiger partial charge in [0.1, 0.15) is 5.75 Å². The Hall–Kier alpha value is -2.05. The van der Waals surface area contributed by atoms with Gasteiger partial charge in [0.05, 0.1) is 30.5 Å². The number of benzene rings is 1. The van der Waals surface area contributed by atoms with Crippen LogP contribution in [0.25, 0.3) is 0 Å². The molecule has 1 aromatic heterocycles. The van der Waals surface area contributed by atoms with Crippen molar-refractivity contribution in [2.75, 3.05) is 26.7 Å².